The Kier molecular flexibility index (Phi) is 4.01. The lowest BCUT2D eigenvalue weighted by molar-refractivity contribution is 0.00229. The molecule has 1 heterocycles. The van der Waals surface area contributed by atoms with E-state index >= 15 is 0 Å². The molecule has 0 aromatic carbocycles. The number of nitrogens with zero attached hydrogens (tertiary/aromatic N) is 1. The Bertz CT molecular complexity index is 436. The Labute approximate surface area is 107 Å². The van der Waals surface area contributed by atoms with E-state index < -0.39 is 5.60 Å². The predicted molar refractivity (Wildman–Crippen MR) is 70.5 cm³/mol. The van der Waals surface area contributed by atoms with Gasteiger partial charge in [0, 0.05) is 12.6 Å². The zero-order valence-electron chi connectivity index (χ0n) is 10.8. The lowest BCUT2D eigenvalue weighted by atomic mass is 9.78. The maximum atomic E-state index is 11.1. The number of anilines is 1. The molecule has 100 valence electrons. The minimum atomic E-state index is -0.645. The SMILES string of the molecule is CCC1CCC(O)(CNc2cn[nH]c(=O)c2)CC1. The molecule has 5 nitrogen and oxygen atoms in total. The first-order chi connectivity index (χ1) is 8.61. The van der Waals surface area contributed by atoms with Crippen molar-refractivity contribution < 1.29 is 5.11 Å². The molecule has 1 aromatic heterocycles. The van der Waals surface area contributed by atoms with Crippen LogP contribution < -0.4 is 10.9 Å². The molecule has 0 saturated heterocycles. The first-order valence-corrected chi connectivity index (χ1v) is 6.62. The average molecular weight is 251 g/mol. The van der Waals surface area contributed by atoms with Crippen LogP contribution in [-0.2, 0) is 0 Å². The van der Waals surface area contributed by atoms with Gasteiger partial charge in [-0.1, -0.05) is 13.3 Å². The Balaban J connectivity index is 1.88. The van der Waals surface area contributed by atoms with Gasteiger partial charge in [-0.3, -0.25) is 4.79 Å². The van der Waals surface area contributed by atoms with Gasteiger partial charge in [0.2, 0.25) is 0 Å². The van der Waals surface area contributed by atoms with Crippen LogP contribution in [0.25, 0.3) is 0 Å². The highest BCUT2D eigenvalue weighted by atomic mass is 16.3. The van der Waals surface area contributed by atoms with Gasteiger partial charge in [-0.15, -0.1) is 0 Å². The third-order valence-electron chi connectivity index (χ3n) is 3.90. The quantitative estimate of drug-likeness (QED) is 0.758. The van der Waals surface area contributed by atoms with Crippen LogP contribution in [0.5, 0.6) is 0 Å². The monoisotopic (exact) mass is 251 g/mol. The predicted octanol–water partition coefficient (Wildman–Crippen LogP) is 1.51. The van der Waals surface area contributed by atoms with Gasteiger partial charge in [-0.2, -0.15) is 5.10 Å². The number of hydrogen-bond donors (Lipinski definition) is 3. The molecule has 1 aliphatic rings. The minimum Gasteiger partial charge on any atom is -0.388 e. The van der Waals surface area contributed by atoms with Crippen LogP contribution in [0.1, 0.15) is 39.0 Å². The van der Waals surface area contributed by atoms with E-state index in [1.165, 1.54) is 12.5 Å². The fourth-order valence-corrected chi connectivity index (χ4v) is 2.54. The van der Waals surface area contributed by atoms with Crippen molar-refractivity contribution in [3.05, 3.63) is 22.6 Å². The molecule has 1 aliphatic carbocycles. The molecule has 0 bridgehead atoms. The summed E-state index contributed by atoms with van der Waals surface area (Å²) in [6.45, 7) is 2.68. The third kappa shape index (κ3) is 3.32. The Hall–Kier alpha value is -1.36. The van der Waals surface area contributed by atoms with Crippen molar-refractivity contribution in [2.75, 3.05) is 11.9 Å². The van der Waals surface area contributed by atoms with Gasteiger partial charge in [-0.25, -0.2) is 5.10 Å². The number of aromatic amines is 1. The molecule has 1 fully saturated rings. The zero-order chi connectivity index (χ0) is 13.0. The maximum Gasteiger partial charge on any atom is 0.266 e. The summed E-state index contributed by atoms with van der Waals surface area (Å²) in [6.07, 6.45) is 6.58. The van der Waals surface area contributed by atoms with E-state index in [1.54, 1.807) is 6.20 Å². The summed E-state index contributed by atoms with van der Waals surface area (Å²) >= 11 is 0. The van der Waals surface area contributed by atoms with Crippen molar-refractivity contribution in [1.82, 2.24) is 10.2 Å². The van der Waals surface area contributed by atoms with Crippen molar-refractivity contribution in [3.8, 4) is 0 Å². The number of rotatable bonds is 4. The molecule has 18 heavy (non-hydrogen) atoms. The molecule has 0 amide bonds. The molecule has 0 aliphatic heterocycles. The van der Waals surface area contributed by atoms with Gasteiger partial charge >= 0.3 is 0 Å². The summed E-state index contributed by atoms with van der Waals surface area (Å²) in [5, 5.41) is 19.6. The van der Waals surface area contributed by atoms with Crippen molar-refractivity contribution in [2.24, 2.45) is 5.92 Å². The molecule has 2 rings (SSSR count). The van der Waals surface area contributed by atoms with Gasteiger partial charge in [-0.05, 0) is 31.6 Å². The van der Waals surface area contributed by atoms with Crippen LogP contribution in [0.3, 0.4) is 0 Å². The molecule has 0 unspecified atom stereocenters. The Morgan fingerprint density at radius 2 is 2.28 bits per heavy atom. The standard InChI is InChI=1S/C13H21N3O2/c1-2-10-3-5-13(18,6-4-10)9-14-11-7-12(17)16-15-8-11/h7-8,10,18H,2-6,9H2,1H3,(H2,14,16,17). The van der Waals surface area contributed by atoms with Gasteiger partial charge in [0.15, 0.2) is 0 Å². The fourth-order valence-electron chi connectivity index (χ4n) is 2.54. The van der Waals surface area contributed by atoms with Crippen LogP contribution in [0, 0.1) is 5.92 Å². The Morgan fingerprint density at radius 1 is 1.56 bits per heavy atom. The number of hydrogen-bond acceptors (Lipinski definition) is 4. The third-order valence-corrected chi connectivity index (χ3v) is 3.90. The number of H-pyrrole nitrogens is 1. The molecule has 5 heteroatoms. The smallest absolute Gasteiger partial charge is 0.266 e. The zero-order valence-corrected chi connectivity index (χ0v) is 10.8. The highest BCUT2D eigenvalue weighted by Gasteiger charge is 2.32. The summed E-state index contributed by atoms with van der Waals surface area (Å²) in [5.74, 6) is 0.756. The molecule has 1 aromatic rings. The normalized spacial score (nSPS) is 28.0. The highest BCUT2D eigenvalue weighted by molar-refractivity contribution is 5.39. The van der Waals surface area contributed by atoms with Crippen LogP contribution in [-0.4, -0.2) is 27.4 Å². The molecule has 0 radical (unpaired) electrons. The number of nitrogens with one attached hydrogen (secondary N) is 2. The summed E-state index contributed by atoms with van der Waals surface area (Å²) in [4.78, 5) is 11.1. The number of aliphatic hydroxyl groups is 1. The second-order valence-corrected chi connectivity index (χ2v) is 5.26. The van der Waals surface area contributed by atoms with Crippen molar-refractivity contribution in [2.45, 2.75) is 44.6 Å². The van der Waals surface area contributed by atoms with Gasteiger partial charge in [0.25, 0.3) is 5.56 Å². The van der Waals surface area contributed by atoms with E-state index in [1.807, 2.05) is 0 Å². The largest absolute Gasteiger partial charge is 0.388 e. The second kappa shape index (κ2) is 5.52. The molecular weight excluding hydrogens is 230 g/mol. The molecule has 0 spiro atoms. The summed E-state index contributed by atoms with van der Waals surface area (Å²) in [6, 6.07) is 1.45. The second-order valence-electron chi connectivity index (χ2n) is 5.26. The average Bonchev–Trinajstić information content (AvgIpc) is 2.38. The summed E-state index contributed by atoms with van der Waals surface area (Å²) < 4.78 is 0. The van der Waals surface area contributed by atoms with Crippen LogP contribution in [0.4, 0.5) is 5.69 Å². The van der Waals surface area contributed by atoms with Crippen LogP contribution in [0.2, 0.25) is 0 Å². The first-order valence-electron chi connectivity index (χ1n) is 6.62. The fraction of sp³-hybridized carbons (Fsp3) is 0.692. The van der Waals surface area contributed by atoms with Gasteiger partial charge in [0.05, 0.1) is 17.5 Å². The summed E-state index contributed by atoms with van der Waals surface area (Å²) in [5.41, 5.74) is -0.222. The maximum absolute atomic E-state index is 11.1. The lowest BCUT2D eigenvalue weighted by Crippen LogP contribution is -2.40. The van der Waals surface area contributed by atoms with Gasteiger partial charge < -0.3 is 10.4 Å². The number of aromatic nitrogens is 2. The van der Waals surface area contributed by atoms with E-state index in [2.05, 4.69) is 22.4 Å². The topological polar surface area (TPSA) is 78.0 Å². The van der Waals surface area contributed by atoms with Crippen LogP contribution in [0.15, 0.2) is 17.1 Å². The molecular formula is C13H21N3O2. The molecule has 3 N–H and O–H groups in total. The lowest BCUT2D eigenvalue weighted by Gasteiger charge is -2.36. The van der Waals surface area contributed by atoms with E-state index in [4.69, 9.17) is 0 Å². The van der Waals surface area contributed by atoms with E-state index in [-0.39, 0.29) is 5.56 Å². The van der Waals surface area contributed by atoms with Crippen molar-refractivity contribution in [1.29, 1.82) is 0 Å². The van der Waals surface area contributed by atoms with E-state index in [0.29, 0.717) is 12.2 Å². The highest BCUT2D eigenvalue weighted by Crippen LogP contribution is 2.33. The first kappa shape index (κ1) is 13.1. The Morgan fingerprint density at radius 3 is 2.89 bits per heavy atom. The molecule has 1 saturated carbocycles. The van der Waals surface area contributed by atoms with E-state index in [0.717, 1.165) is 31.6 Å². The molecule has 0 atom stereocenters. The van der Waals surface area contributed by atoms with E-state index in [9.17, 15) is 9.90 Å². The van der Waals surface area contributed by atoms with Crippen molar-refractivity contribution in [3.63, 3.8) is 0 Å². The van der Waals surface area contributed by atoms with Gasteiger partial charge in [0.1, 0.15) is 0 Å². The van der Waals surface area contributed by atoms with Crippen LogP contribution >= 0.6 is 0 Å². The van der Waals surface area contributed by atoms with Crippen molar-refractivity contribution >= 4 is 5.69 Å². The summed E-state index contributed by atoms with van der Waals surface area (Å²) in [7, 11) is 0. The minimum absolute atomic E-state index is 0.235.